The summed E-state index contributed by atoms with van der Waals surface area (Å²) in [7, 11) is 0. The van der Waals surface area contributed by atoms with E-state index in [1.807, 2.05) is 48.5 Å². The van der Waals surface area contributed by atoms with Gasteiger partial charge in [-0.15, -0.1) is 0 Å². The second-order valence-corrected chi connectivity index (χ2v) is 19.3. The number of Topliss-reactive ketones (excluding diaryl/α,β-unsaturated/α-hetero) is 2. The minimum absolute atomic E-state index is 0.0760. The summed E-state index contributed by atoms with van der Waals surface area (Å²) in [4.78, 5) is 105. The first-order valence-corrected chi connectivity index (χ1v) is 25.2. The molecule has 0 saturated heterocycles. The standard InChI is InChI=1S/C30H22ClN5O3.C29H24ClN5O3/c31-21-8-11-24-20(14-21)15-27(37)26(16-22-4-1-2-12-32-22)35(29(24)38)17-19-6-9-23(10-7-19)36-18-34-25-5-3-13-33-28(25)30(36)39;30-20-8-11-23-19(14-20)15-26(36)25(16-22-4-1-2-12-32-22)35(29(23)38)17-18-6-9-21(10-7-18)34-28(37)27-24(31)5-3-13-33-27/h1-14,18,26H,15-17H2;1-14,25H,15-17,31H2,(H,34,37)/t26-;25-/m11/s1. The second-order valence-electron chi connectivity index (χ2n) is 18.4. The number of hydrogen-bond acceptors (Lipinski definition) is 12. The molecule has 2 aliphatic heterocycles. The number of halogens is 2. The highest BCUT2D eigenvalue weighted by Crippen LogP contribution is 2.29. The summed E-state index contributed by atoms with van der Waals surface area (Å²) < 4.78 is 1.43. The Morgan fingerprint density at radius 3 is 1.62 bits per heavy atom. The number of nitrogens with two attached hydrogens (primary N) is 1. The summed E-state index contributed by atoms with van der Waals surface area (Å²) in [6, 6.07) is 40.8. The molecule has 18 heteroatoms. The third-order valence-corrected chi connectivity index (χ3v) is 13.8. The molecule has 11 rings (SSSR count). The Bertz CT molecular complexity index is 3770. The van der Waals surface area contributed by atoms with Gasteiger partial charge in [0.2, 0.25) is 0 Å². The van der Waals surface area contributed by atoms with Gasteiger partial charge in [0.25, 0.3) is 23.3 Å². The molecule has 382 valence electrons. The number of nitrogen functional groups attached to an aromatic ring is 1. The van der Waals surface area contributed by atoms with Crippen LogP contribution in [-0.4, -0.2) is 80.7 Å². The van der Waals surface area contributed by atoms with Crippen molar-refractivity contribution < 1.29 is 24.0 Å². The molecule has 0 aliphatic carbocycles. The molecular weight excluding hydrogens is 1020 g/mol. The van der Waals surface area contributed by atoms with Crippen LogP contribution in [0.4, 0.5) is 11.4 Å². The maximum atomic E-state index is 13.8. The van der Waals surface area contributed by atoms with Crippen LogP contribution in [0.15, 0.2) is 182 Å². The largest absolute Gasteiger partial charge is 0.397 e. The SMILES string of the molecule is Nc1cccnc1C(=O)Nc1ccc(CN2C(=O)c3ccc(Cl)cc3CC(=O)[C@H]2Cc2ccccn2)cc1.O=C1Cc2cc(Cl)ccc2C(=O)N(Cc2ccc(-n3cnc4cccnc4c3=O)cc2)[C@@H]1Cc1ccccn1. The van der Waals surface area contributed by atoms with Gasteiger partial charge in [0.1, 0.15) is 6.33 Å². The summed E-state index contributed by atoms with van der Waals surface area (Å²) >= 11 is 12.4. The number of carbonyl (C=O) groups is 5. The Morgan fingerprint density at radius 2 is 1.09 bits per heavy atom. The van der Waals surface area contributed by atoms with Crippen LogP contribution in [0.2, 0.25) is 10.0 Å². The summed E-state index contributed by atoms with van der Waals surface area (Å²) in [5, 5.41) is 3.73. The van der Waals surface area contributed by atoms with Gasteiger partial charge >= 0.3 is 0 Å². The van der Waals surface area contributed by atoms with Gasteiger partial charge < -0.3 is 20.9 Å². The van der Waals surface area contributed by atoms with Gasteiger partial charge in [-0.05, 0) is 131 Å². The van der Waals surface area contributed by atoms with Crippen LogP contribution < -0.4 is 16.6 Å². The van der Waals surface area contributed by atoms with Crippen LogP contribution in [0.1, 0.15) is 64.8 Å². The fraction of sp³-hybridized carbons (Fsp3) is 0.136. The number of hydrogen-bond donors (Lipinski definition) is 2. The van der Waals surface area contributed by atoms with E-state index >= 15 is 0 Å². The number of rotatable bonds is 11. The molecule has 0 saturated carbocycles. The van der Waals surface area contributed by atoms with Crippen molar-refractivity contribution >= 4 is 74.9 Å². The van der Waals surface area contributed by atoms with Gasteiger partial charge in [-0.3, -0.25) is 43.3 Å². The zero-order chi connectivity index (χ0) is 53.6. The Labute approximate surface area is 451 Å². The molecule has 0 bridgehead atoms. The molecule has 0 unspecified atom stereocenters. The van der Waals surface area contributed by atoms with Crippen molar-refractivity contribution in [3.8, 4) is 5.69 Å². The molecule has 5 aromatic heterocycles. The monoisotopic (exact) mass is 1060 g/mol. The third-order valence-electron chi connectivity index (χ3n) is 13.3. The maximum Gasteiger partial charge on any atom is 0.284 e. The Kier molecular flexibility index (Phi) is 15.1. The van der Waals surface area contributed by atoms with Crippen LogP contribution in [0.3, 0.4) is 0 Å². The van der Waals surface area contributed by atoms with Gasteiger partial charge in [0, 0.05) is 102 Å². The van der Waals surface area contributed by atoms with Crippen LogP contribution in [0.5, 0.6) is 0 Å². The predicted molar refractivity (Wildman–Crippen MR) is 292 cm³/mol. The van der Waals surface area contributed by atoms with E-state index in [0.29, 0.717) is 62.0 Å². The highest BCUT2D eigenvalue weighted by Gasteiger charge is 2.37. The summed E-state index contributed by atoms with van der Waals surface area (Å²) in [6.45, 7) is 0.405. The van der Waals surface area contributed by atoms with E-state index in [4.69, 9.17) is 28.9 Å². The molecule has 2 aliphatic rings. The number of ketones is 2. The molecule has 77 heavy (non-hydrogen) atoms. The van der Waals surface area contributed by atoms with Gasteiger partial charge in [0.15, 0.2) is 22.8 Å². The Balaban J connectivity index is 0.000000175. The highest BCUT2D eigenvalue weighted by atomic mass is 35.5. The minimum Gasteiger partial charge on any atom is -0.397 e. The Morgan fingerprint density at radius 1 is 0.571 bits per heavy atom. The van der Waals surface area contributed by atoms with Gasteiger partial charge in [-0.1, -0.05) is 59.6 Å². The van der Waals surface area contributed by atoms with E-state index < -0.39 is 18.0 Å². The lowest BCUT2D eigenvalue weighted by atomic mass is 9.99. The fourth-order valence-electron chi connectivity index (χ4n) is 9.41. The average molecular weight is 1060 g/mol. The normalized spacial score (nSPS) is 15.2. The van der Waals surface area contributed by atoms with Crippen LogP contribution in [0, 0.1) is 0 Å². The summed E-state index contributed by atoms with van der Waals surface area (Å²) in [5.74, 6) is -1.06. The molecule has 0 fully saturated rings. The van der Waals surface area contributed by atoms with E-state index in [0.717, 1.165) is 22.5 Å². The zero-order valence-corrected chi connectivity index (χ0v) is 42.5. The maximum absolute atomic E-state index is 13.8. The lowest BCUT2D eigenvalue weighted by molar-refractivity contribution is -0.123. The number of benzene rings is 4. The lowest BCUT2D eigenvalue weighted by Gasteiger charge is -2.29. The number of aromatic nitrogens is 6. The van der Waals surface area contributed by atoms with E-state index in [2.05, 4.69) is 30.2 Å². The van der Waals surface area contributed by atoms with Crippen molar-refractivity contribution in [1.29, 1.82) is 0 Å². The van der Waals surface area contributed by atoms with E-state index in [1.165, 1.54) is 17.1 Å². The minimum atomic E-state index is -0.699. The predicted octanol–water partition coefficient (Wildman–Crippen LogP) is 8.55. The number of anilines is 2. The van der Waals surface area contributed by atoms with Gasteiger partial charge in [-0.25, -0.2) is 15.0 Å². The number of nitrogens with zero attached hydrogens (tertiary/aromatic N) is 8. The third kappa shape index (κ3) is 11.5. The quantitative estimate of drug-likeness (QED) is 0.125. The topological polar surface area (TPSA) is 216 Å². The average Bonchev–Trinajstić information content (AvgIpc) is 3.66. The number of fused-ring (bicyclic) bond motifs is 3. The van der Waals surface area contributed by atoms with Crippen molar-refractivity contribution in [2.24, 2.45) is 0 Å². The molecule has 9 aromatic rings. The van der Waals surface area contributed by atoms with E-state index in [1.54, 1.807) is 125 Å². The van der Waals surface area contributed by atoms with Crippen molar-refractivity contribution in [3.63, 3.8) is 0 Å². The van der Waals surface area contributed by atoms with Crippen LogP contribution in [0.25, 0.3) is 16.7 Å². The number of carbonyl (C=O) groups excluding carboxylic acids is 5. The summed E-state index contributed by atoms with van der Waals surface area (Å²) in [5.41, 5.74) is 13.2. The zero-order valence-electron chi connectivity index (χ0n) is 41.0. The Hall–Kier alpha value is -9.25. The summed E-state index contributed by atoms with van der Waals surface area (Å²) in [6.07, 6.45) is 8.70. The van der Waals surface area contributed by atoms with E-state index in [-0.39, 0.29) is 71.8 Å². The van der Waals surface area contributed by atoms with Crippen molar-refractivity contribution in [2.75, 3.05) is 11.1 Å². The van der Waals surface area contributed by atoms with Crippen LogP contribution in [-0.2, 0) is 48.4 Å². The highest BCUT2D eigenvalue weighted by molar-refractivity contribution is 6.31. The van der Waals surface area contributed by atoms with Crippen molar-refractivity contribution in [3.05, 3.63) is 248 Å². The number of nitrogens with one attached hydrogen (secondary N) is 1. The molecule has 3 N–H and O–H groups in total. The smallest absolute Gasteiger partial charge is 0.284 e. The molecule has 0 spiro atoms. The van der Waals surface area contributed by atoms with Crippen molar-refractivity contribution in [2.45, 2.75) is 50.9 Å². The molecule has 3 amide bonds. The fourth-order valence-corrected chi connectivity index (χ4v) is 9.80. The van der Waals surface area contributed by atoms with Gasteiger partial charge in [0.05, 0.1) is 29.0 Å². The number of amides is 3. The molecule has 0 radical (unpaired) electrons. The molecule has 2 atom stereocenters. The van der Waals surface area contributed by atoms with Crippen LogP contribution >= 0.6 is 23.2 Å². The molecule has 16 nitrogen and oxygen atoms in total. The molecule has 4 aromatic carbocycles. The van der Waals surface area contributed by atoms with Gasteiger partial charge in [-0.2, -0.15) is 0 Å². The first-order valence-electron chi connectivity index (χ1n) is 24.4. The second kappa shape index (κ2) is 22.7. The van der Waals surface area contributed by atoms with E-state index in [9.17, 15) is 28.8 Å². The first kappa shape index (κ1) is 51.2. The lowest BCUT2D eigenvalue weighted by Crippen LogP contribution is -2.44. The molecule has 7 heterocycles. The van der Waals surface area contributed by atoms with Crippen molar-refractivity contribution in [1.82, 2.24) is 39.3 Å². The number of pyridine rings is 4. The molecular formula is C59H46Cl2N10O6. The first-order chi connectivity index (χ1) is 37.4.